The summed E-state index contributed by atoms with van der Waals surface area (Å²) in [5.41, 5.74) is 3.94. The Kier molecular flexibility index (Phi) is 13.4. The van der Waals surface area contributed by atoms with Crippen molar-refractivity contribution >= 4 is 32.5 Å². The van der Waals surface area contributed by atoms with Crippen molar-refractivity contribution in [1.82, 2.24) is 15.7 Å². The summed E-state index contributed by atoms with van der Waals surface area (Å²) in [6, 6.07) is 10.7. The number of aliphatic hydroxyl groups excluding tert-OH is 2. The molecule has 2 aromatic rings. The van der Waals surface area contributed by atoms with Crippen molar-refractivity contribution in [1.29, 1.82) is 0 Å². The van der Waals surface area contributed by atoms with E-state index in [1.807, 2.05) is 69.5 Å². The van der Waals surface area contributed by atoms with Crippen molar-refractivity contribution in [2.75, 3.05) is 53.4 Å². The molecule has 4 aliphatic rings. The summed E-state index contributed by atoms with van der Waals surface area (Å²) in [5.74, 6) is 0.992. The third-order valence-electron chi connectivity index (χ3n) is 13.0. The molecule has 1 saturated heterocycles. The summed E-state index contributed by atoms with van der Waals surface area (Å²) in [7, 11) is 17.1. The lowest BCUT2D eigenvalue weighted by Crippen LogP contribution is -2.62. The van der Waals surface area contributed by atoms with Crippen LogP contribution in [0.25, 0.3) is 11.1 Å². The smallest absolute Gasteiger partial charge is 0.369 e. The van der Waals surface area contributed by atoms with Gasteiger partial charge in [0.15, 0.2) is 0 Å². The van der Waals surface area contributed by atoms with Crippen molar-refractivity contribution in [3.05, 3.63) is 47.5 Å². The number of amides is 2. The van der Waals surface area contributed by atoms with Crippen LogP contribution in [0.1, 0.15) is 83.7 Å². The number of anilines is 1. The van der Waals surface area contributed by atoms with Crippen LogP contribution < -0.4 is 20.3 Å². The fourth-order valence-corrected chi connectivity index (χ4v) is 9.78. The molecule has 3 aliphatic carbocycles. The van der Waals surface area contributed by atoms with E-state index in [0.717, 1.165) is 35.2 Å². The molecule has 2 aromatic carbocycles. The van der Waals surface area contributed by atoms with E-state index in [9.17, 15) is 19.8 Å². The van der Waals surface area contributed by atoms with E-state index < -0.39 is 24.2 Å². The van der Waals surface area contributed by atoms with Crippen LogP contribution >= 0.6 is 0 Å². The Morgan fingerprint density at radius 1 is 1.18 bits per heavy atom. The van der Waals surface area contributed by atoms with E-state index in [1.165, 1.54) is 6.42 Å². The van der Waals surface area contributed by atoms with Crippen molar-refractivity contribution in [3.8, 4) is 16.9 Å². The van der Waals surface area contributed by atoms with Gasteiger partial charge >= 0.3 is 7.31 Å². The number of aliphatic hydroxyl groups is 2. The number of nitrogens with one attached hydrogen (secondary N) is 2. The monoisotopic (exact) mass is 772 g/mol. The number of carbonyl (C=O) groups excluding carboxylic acids is 2. The number of nitrogens with zero attached hydrogens (tertiary/aromatic N) is 3. The van der Waals surface area contributed by atoms with Gasteiger partial charge in [-0.1, -0.05) is 59.7 Å². The summed E-state index contributed by atoms with van der Waals surface area (Å²) in [5, 5.41) is 29.6. The standard InChI is InChI=1S/C43H67B2N5O6/c1-25-34-19-30(43(34,6)7)20-35(25)47-41(54)38-37(26(2)52)36(24-51)56-49(38)22-27-14-13-15-33(39(27)55-12)28-16-29(18-32(17-28)48(8)9)40(53)46-31(21-42(3,4)5)23-50(10,11)45-44/h13-18,25-26,30-31,34-38,51-52H,19-24H2,1-12H3,(H,46,53)(H,47,54)/q+1/t25-,26-,30+,31-,34-,35-,36-,37-,38-/m0/s1. The molecule has 11 nitrogen and oxygen atoms in total. The van der Waals surface area contributed by atoms with Crippen molar-refractivity contribution in [2.24, 2.45) is 34.5 Å². The fraction of sp³-hybridized carbons (Fsp3) is 0.674. The van der Waals surface area contributed by atoms with Gasteiger partial charge in [0, 0.05) is 62.5 Å². The minimum Gasteiger partial charge on any atom is -0.496 e. The highest BCUT2D eigenvalue weighted by Gasteiger charge is 2.57. The highest BCUT2D eigenvalue weighted by atomic mass is 16.7. The average Bonchev–Trinajstić information content (AvgIpc) is 3.49. The molecule has 6 rings (SSSR count). The Balaban J connectivity index is 1.46. The minimum atomic E-state index is -0.906. The van der Waals surface area contributed by atoms with Gasteiger partial charge in [-0.3, -0.25) is 14.4 Å². The second-order valence-corrected chi connectivity index (χ2v) is 19.4. The Morgan fingerprint density at radius 3 is 2.43 bits per heavy atom. The summed E-state index contributed by atoms with van der Waals surface area (Å²) in [6.07, 6.45) is 1.23. The molecule has 0 spiro atoms. The zero-order valence-electron chi connectivity index (χ0n) is 35.9. The van der Waals surface area contributed by atoms with E-state index in [2.05, 4.69) is 52.2 Å². The lowest BCUT2D eigenvalue weighted by Gasteiger charge is -2.62. The molecule has 0 aromatic heterocycles. The zero-order valence-corrected chi connectivity index (χ0v) is 35.9. The van der Waals surface area contributed by atoms with Crippen LogP contribution in [0.5, 0.6) is 5.75 Å². The summed E-state index contributed by atoms with van der Waals surface area (Å²) in [4.78, 5) is 36.6. The van der Waals surface area contributed by atoms with Gasteiger partial charge < -0.3 is 34.9 Å². The molecular formula is C43H67B2N5O6+. The molecule has 4 N–H and O–H groups in total. The number of hydrogen-bond donors (Lipinski definition) is 4. The SMILES string of the molecule is [B][B][N+](C)(C)C[C@H](CC(C)(C)C)NC(=O)c1cc(-c2cccc(CN3O[C@@H](CO)[C@H]([C@H](C)O)[C@H]3C(=O)N[C@H]3C[C@H]4C[C@@H]([C@@H]3C)C4(C)C)c2OC)cc(N(C)C)c1. The Hall–Kier alpha value is -3.09. The molecule has 2 bridgehead atoms. The Bertz CT molecular complexity index is 1710. The number of benzene rings is 2. The average molecular weight is 772 g/mol. The van der Waals surface area contributed by atoms with Gasteiger partial charge in [0.2, 0.25) is 5.91 Å². The lowest BCUT2D eigenvalue weighted by atomic mass is 9.45. The van der Waals surface area contributed by atoms with Gasteiger partial charge in [0.25, 0.3) is 5.91 Å². The molecule has 2 amide bonds. The second kappa shape index (κ2) is 17.0. The zero-order chi connectivity index (χ0) is 41.5. The van der Waals surface area contributed by atoms with E-state index in [1.54, 1.807) is 26.4 Å². The van der Waals surface area contributed by atoms with Crippen molar-refractivity contribution in [3.63, 3.8) is 0 Å². The van der Waals surface area contributed by atoms with Gasteiger partial charge in [-0.15, -0.1) is 0 Å². The summed E-state index contributed by atoms with van der Waals surface area (Å²) >= 11 is 0. The molecule has 1 heterocycles. The predicted octanol–water partition coefficient (Wildman–Crippen LogP) is 4.40. The highest BCUT2D eigenvalue weighted by molar-refractivity contribution is 6.84. The number of carbonyl (C=O) groups is 2. The Labute approximate surface area is 338 Å². The number of hydrogen-bond acceptors (Lipinski definition) is 8. The van der Waals surface area contributed by atoms with E-state index in [0.29, 0.717) is 40.0 Å². The summed E-state index contributed by atoms with van der Waals surface area (Å²) in [6.45, 7) is 15.5. The molecule has 4 fully saturated rings. The number of quaternary nitrogens is 1. The minimum absolute atomic E-state index is 0.0199. The van der Waals surface area contributed by atoms with Crippen LogP contribution in [0.3, 0.4) is 0 Å². The van der Waals surface area contributed by atoms with E-state index in [-0.39, 0.29) is 47.9 Å². The first-order valence-corrected chi connectivity index (χ1v) is 20.3. The topological polar surface area (TPSA) is 124 Å². The number of likely N-dealkylation sites (N-methyl/N-ethyl adjacent to an activating group) is 1. The van der Waals surface area contributed by atoms with E-state index >= 15 is 0 Å². The molecule has 9 atom stereocenters. The molecule has 3 radical (unpaired) electrons. The molecule has 3 saturated carbocycles. The third-order valence-corrected chi connectivity index (χ3v) is 13.0. The van der Waals surface area contributed by atoms with E-state index in [4.69, 9.17) is 17.3 Å². The first-order chi connectivity index (χ1) is 26.1. The molecule has 56 heavy (non-hydrogen) atoms. The van der Waals surface area contributed by atoms with Crippen LogP contribution in [-0.2, 0) is 16.2 Å². The van der Waals surface area contributed by atoms with Gasteiger partial charge in [0.1, 0.15) is 25.6 Å². The number of hydroxylamine groups is 2. The van der Waals surface area contributed by atoms with Gasteiger partial charge in [-0.25, -0.2) is 0 Å². The highest BCUT2D eigenvalue weighted by Crippen LogP contribution is 2.61. The maximum Gasteiger partial charge on any atom is 0.369 e. The quantitative estimate of drug-likeness (QED) is 0.197. The second-order valence-electron chi connectivity index (χ2n) is 19.4. The van der Waals surface area contributed by atoms with Crippen molar-refractivity contribution in [2.45, 2.75) is 105 Å². The van der Waals surface area contributed by atoms with Crippen LogP contribution in [0.2, 0.25) is 0 Å². The van der Waals surface area contributed by atoms with Crippen LogP contribution in [0, 0.1) is 34.5 Å². The van der Waals surface area contributed by atoms with Gasteiger partial charge in [-0.2, -0.15) is 5.06 Å². The molecule has 0 unspecified atom stereocenters. The first kappa shape index (κ1) is 44.0. The number of rotatable bonds is 15. The van der Waals surface area contributed by atoms with Gasteiger partial charge in [0.05, 0.1) is 39.0 Å². The first-order valence-electron chi connectivity index (χ1n) is 20.3. The Morgan fingerprint density at radius 2 is 1.88 bits per heavy atom. The number of methoxy groups -OCH3 is 1. The number of fused-ring (bicyclic) bond motifs is 2. The summed E-state index contributed by atoms with van der Waals surface area (Å²) < 4.78 is 6.56. The molecule has 1 aliphatic heterocycles. The maximum atomic E-state index is 14.3. The van der Waals surface area contributed by atoms with Crippen LogP contribution in [-0.4, -0.2) is 125 Å². The normalized spacial score (nSPS) is 27.1. The van der Waals surface area contributed by atoms with Crippen molar-refractivity contribution < 1.29 is 33.8 Å². The number of ether oxygens (including phenoxy) is 1. The largest absolute Gasteiger partial charge is 0.496 e. The molecular weight excluding hydrogens is 704 g/mol. The fourth-order valence-electron chi connectivity index (χ4n) is 9.78. The van der Waals surface area contributed by atoms with Gasteiger partial charge in [-0.05, 0) is 78.5 Å². The predicted molar refractivity (Wildman–Crippen MR) is 224 cm³/mol. The van der Waals surface area contributed by atoms with Crippen LogP contribution in [0.4, 0.5) is 5.69 Å². The third kappa shape index (κ3) is 9.44. The maximum absolute atomic E-state index is 14.3. The molecule has 305 valence electrons. The van der Waals surface area contributed by atoms with Crippen LogP contribution in [0.15, 0.2) is 36.4 Å². The lowest BCUT2D eigenvalue weighted by molar-refractivity contribution is -0.777. The number of para-hydroxylation sites is 1. The molecule has 13 heteroatoms.